The fourth-order valence-corrected chi connectivity index (χ4v) is 1.10. The number of aliphatic hydroxyl groups is 1. The molecule has 0 bridgehead atoms. The van der Waals surface area contributed by atoms with E-state index in [9.17, 15) is 5.11 Å². The summed E-state index contributed by atoms with van der Waals surface area (Å²) in [5, 5.41) is 9.56. The molecule has 0 amide bonds. The number of allylic oxidation sites excluding steroid dienone is 1. The zero-order valence-corrected chi connectivity index (χ0v) is 7.94. The van der Waals surface area contributed by atoms with Gasteiger partial charge >= 0.3 is 0 Å². The summed E-state index contributed by atoms with van der Waals surface area (Å²) in [6, 6.07) is 1.77. The quantitative estimate of drug-likeness (QED) is 0.558. The van der Waals surface area contributed by atoms with E-state index in [1.165, 1.54) is 12.8 Å². The smallest absolute Gasteiger partial charge is 0.100 e. The molecule has 1 heterocycles. The zero-order valence-electron chi connectivity index (χ0n) is 7.94. The Morgan fingerprint density at radius 2 is 2.46 bits per heavy atom. The van der Waals surface area contributed by atoms with Crippen LogP contribution >= 0.6 is 0 Å². The third-order valence-corrected chi connectivity index (χ3v) is 1.93. The Bertz CT molecular complexity index is 237. The monoisotopic (exact) mass is 180 g/mol. The highest BCUT2D eigenvalue weighted by molar-refractivity contribution is 5.14. The van der Waals surface area contributed by atoms with E-state index in [-0.39, 0.29) is 0 Å². The first-order valence-electron chi connectivity index (χ1n) is 4.71. The third-order valence-electron chi connectivity index (χ3n) is 1.93. The first-order valence-corrected chi connectivity index (χ1v) is 4.71. The van der Waals surface area contributed by atoms with Gasteiger partial charge in [-0.05, 0) is 12.5 Å². The van der Waals surface area contributed by atoms with Gasteiger partial charge in [-0.15, -0.1) is 0 Å². The number of hydrogen-bond donors (Lipinski definition) is 1. The maximum absolute atomic E-state index is 9.56. The molecule has 0 radical (unpaired) electrons. The minimum absolute atomic E-state index is 0.518. The molecular formula is C11H16O2. The van der Waals surface area contributed by atoms with Gasteiger partial charge in [0.25, 0.3) is 0 Å². The molecule has 1 aromatic heterocycles. The molecule has 72 valence electrons. The van der Waals surface area contributed by atoms with Gasteiger partial charge in [-0.3, -0.25) is 0 Å². The summed E-state index contributed by atoms with van der Waals surface area (Å²) >= 11 is 0. The van der Waals surface area contributed by atoms with Crippen molar-refractivity contribution in [3.05, 3.63) is 36.3 Å². The van der Waals surface area contributed by atoms with Crippen molar-refractivity contribution in [1.29, 1.82) is 0 Å². The molecule has 0 fully saturated rings. The highest BCUT2D eigenvalue weighted by Gasteiger charge is 2.02. The zero-order chi connectivity index (χ0) is 9.52. The Balaban J connectivity index is 2.33. The SMILES string of the molecule is CCCC/C=C\C(O)c1ccoc1. The van der Waals surface area contributed by atoms with Crippen LogP contribution in [-0.2, 0) is 0 Å². The summed E-state index contributed by atoms with van der Waals surface area (Å²) in [6.07, 6.45) is 9.83. The Morgan fingerprint density at radius 1 is 1.62 bits per heavy atom. The molecule has 1 rings (SSSR count). The van der Waals surface area contributed by atoms with Gasteiger partial charge in [0.1, 0.15) is 6.10 Å². The van der Waals surface area contributed by atoms with Crippen molar-refractivity contribution in [2.75, 3.05) is 0 Å². The van der Waals surface area contributed by atoms with Gasteiger partial charge < -0.3 is 9.52 Å². The minimum Gasteiger partial charge on any atom is -0.472 e. The highest BCUT2D eigenvalue weighted by atomic mass is 16.3. The van der Waals surface area contributed by atoms with Crippen molar-refractivity contribution in [3.63, 3.8) is 0 Å². The lowest BCUT2D eigenvalue weighted by Gasteiger charge is -1.99. The molecule has 0 spiro atoms. The van der Waals surface area contributed by atoms with Crippen LogP contribution in [0.4, 0.5) is 0 Å². The van der Waals surface area contributed by atoms with E-state index in [2.05, 4.69) is 6.92 Å². The van der Waals surface area contributed by atoms with Crippen molar-refractivity contribution in [2.45, 2.75) is 32.3 Å². The summed E-state index contributed by atoms with van der Waals surface area (Å²) in [5.41, 5.74) is 0.813. The minimum atomic E-state index is -0.518. The van der Waals surface area contributed by atoms with Crippen LogP contribution in [0.25, 0.3) is 0 Å². The van der Waals surface area contributed by atoms with Crippen LogP contribution in [-0.4, -0.2) is 5.11 Å². The largest absolute Gasteiger partial charge is 0.472 e. The summed E-state index contributed by atoms with van der Waals surface area (Å²) in [6.45, 7) is 2.15. The van der Waals surface area contributed by atoms with Gasteiger partial charge in [0, 0.05) is 5.56 Å². The van der Waals surface area contributed by atoms with Crippen LogP contribution in [0.2, 0.25) is 0 Å². The lowest BCUT2D eigenvalue weighted by Crippen LogP contribution is -1.89. The van der Waals surface area contributed by atoms with Crippen LogP contribution in [0.3, 0.4) is 0 Å². The van der Waals surface area contributed by atoms with Gasteiger partial charge in [0.15, 0.2) is 0 Å². The van der Waals surface area contributed by atoms with Crippen LogP contribution < -0.4 is 0 Å². The number of furan rings is 1. The number of rotatable bonds is 5. The molecule has 1 unspecified atom stereocenters. The van der Waals surface area contributed by atoms with Crippen molar-refractivity contribution in [3.8, 4) is 0 Å². The van der Waals surface area contributed by atoms with E-state index in [1.54, 1.807) is 24.7 Å². The van der Waals surface area contributed by atoms with Crippen LogP contribution in [0.5, 0.6) is 0 Å². The van der Waals surface area contributed by atoms with E-state index in [1.807, 2.05) is 6.08 Å². The van der Waals surface area contributed by atoms with Gasteiger partial charge in [-0.1, -0.05) is 31.9 Å². The molecule has 0 saturated carbocycles. The molecule has 2 heteroatoms. The molecule has 0 aliphatic carbocycles. The standard InChI is InChI=1S/C11H16O2/c1-2-3-4-5-6-11(12)10-7-8-13-9-10/h5-9,11-12H,2-4H2,1H3/b6-5-. The molecule has 1 atom stereocenters. The summed E-state index contributed by atoms with van der Waals surface area (Å²) in [7, 11) is 0. The van der Waals surface area contributed by atoms with Crippen LogP contribution in [0, 0.1) is 0 Å². The second-order valence-corrected chi connectivity index (χ2v) is 3.07. The highest BCUT2D eigenvalue weighted by Crippen LogP contribution is 2.14. The number of aliphatic hydroxyl groups excluding tert-OH is 1. The molecule has 13 heavy (non-hydrogen) atoms. The molecule has 0 aliphatic heterocycles. The maximum Gasteiger partial charge on any atom is 0.100 e. The van der Waals surface area contributed by atoms with Gasteiger partial charge in [0.2, 0.25) is 0 Å². The van der Waals surface area contributed by atoms with E-state index in [0.29, 0.717) is 0 Å². The van der Waals surface area contributed by atoms with Crippen LogP contribution in [0.15, 0.2) is 35.2 Å². The van der Waals surface area contributed by atoms with Crippen molar-refractivity contribution in [1.82, 2.24) is 0 Å². The van der Waals surface area contributed by atoms with Crippen molar-refractivity contribution in [2.24, 2.45) is 0 Å². The third kappa shape index (κ3) is 3.47. The second kappa shape index (κ2) is 5.60. The molecule has 1 aromatic rings. The summed E-state index contributed by atoms with van der Waals surface area (Å²) in [5.74, 6) is 0. The summed E-state index contributed by atoms with van der Waals surface area (Å²) in [4.78, 5) is 0. The lowest BCUT2D eigenvalue weighted by atomic mass is 10.1. The molecular weight excluding hydrogens is 164 g/mol. The number of hydrogen-bond acceptors (Lipinski definition) is 2. The van der Waals surface area contributed by atoms with Gasteiger partial charge in [-0.25, -0.2) is 0 Å². The average Bonchev–Trinajstić information content (AvgIpc) is 2.65. The van der Waals surface area contributed by atoms with Gasteiger partial charge in [-0.2, -0.15) is 0 Å². The Morgan fingerprint density at radius 3 is 3.08 bits per heavy atom. The summed E-state index contributed by atoms with van der Waals surface area (Å²) < 4.78 is 4.87. The molecule has 0 aliphatic rings. The predicted octanol–water partition coefficient (Wildman–Crippen LogP) is 3.06. The number of unbranched alkanes of at least 4 members (excludes halogenated alkanes) is 2. The average molecular weight is 180 g/mol. The molecule has 0 aromatic carbocycles. The second-order valence-electron chi connectivity index (χ2n) is 3.07. The fraction of sp³-hybridized carbons (Fsp3) is 0.455. The first kappa shape index (κ1) is 10.1. The van der Waals surface area contributed by atoms with E-state index >= 15 is 0 Å². The van der Waals surface area contributed by atoms with E-state index in [4.69, 9.17) is 4.42 Å². The topological polar surface area (TPSA) is 33.4 Å². The lowest BCUT2D eigenvalue weighted by molar-refractivity contribution is 0.227. The van der Waals surface area contributed by atoms with Gasteiger partial charge in [0.05, 0.1) is 12.5 Å². The molecule has 1 N–H and O–H groups in total. The normalized spacial score (nSPS) is 13.7. The Kier molecular flexibility index (Phi) is 4.33. The molecule has 0 saturated heterocycles. The van der Waals surface area contributed by atoms with Crippen molar-refractivity contribution < 1.29 is 9.52 Å². The fourth-order valence-electron chi connectivity index (χ4n) is 1.10. The van der Waals surface area contributed by atoms with E-state index < -0.39 is 6.10 Å². The predicted molar refractivity (Wildman–Crippen MR) is 52.3 cm³/mol. The molecule has 2 nitrogen and oxygen atoms in total. The van der Waals surface area contributed by atoms with Crippen LogP contribution in [0.1, 0.15) is 37.9 Å². The Labute approximate surface area is 78.9 Å². The van der Waals surface area contributed by atoms with Crippen molar-refractivity contribution >= 4 is 0 Å². The maximum atomic E-state index is 9.56. The van der Waals surface area contributed by atoms with E-state index in [0.717, 1.165) is 12.0 Å². The Hall–Kier alpha value is -1.02. The first-order chi connectivity index (χ1) is 6.34.